The molecular formula is C26H43BN3O7. The van der Waals surface area contributed by atoms with Crippen LogP contribution in [0.2, 0.25) is 0 Å². The molecule has 1 aromatic rings. The van der Waals surface area contributed by atoms with Crippen molar-refractivity contribution in [1.82, 2.24) is 16.0 Å². The van der Waals surface area contributed by atoms with Crippen LogP contribution in [0.5, 0.6) is 0 Å². The van der Waals surface area contributed by atoms with Gasteiger partial charge in [-0.15, -0.1) is 0 Å². The summed E-state index contributed by atoms with van der Waals surface area (Å²) in [5.74, 6) is -0.600. The van der Waals surface area contributed by atoms with Gasteiger partial charge in [0.15, 0.2) is 0 Å². The number of carbonyl (C=O) groups excluding carboxylic acids is 4. The highest BCUT2D eigenvalue weighted by Gasteiger charge is 2.29. The van der Waals surface area contributed by atoms with Crippen LogP contribution >= 0.6 is 0 Å². The summed E-state index contributed by atoms with van der Waals surface area (Å²) < 4.78 is 5.26. The summed E-state index contributed by atoms with van der Waals surface area (Å²) in [5, 5.41) is 22.2. The molecule has 0 spiro atoms. The summed E-state index contributed by atoms with van der Waals surface area (Å²) in [4.78, 5) is 49.7. The first-order valence-corrected chi connectivity index (χ1v) is 12.7. The SMILES string of the molecule is CCCC[C@@H](C=O)NC(=O)[C@H](CC(C)C)NC(=O)[C@H](CC(C)C)NC(=O)OCc1ccccc1.O[B]O. The van der Waals surface area contributed by atoms with Crippen LogP contribution in [0.3, 0.4) is 0 Å². The molecule has 10 nitrogen and oxygen atoms in total. The lowest BCUT2D eigenvalue weighted by atomic mass is 10.00. The molecule has 1 rings (SSSR count). The van der Waals surface area contributed by atoms with E-state index in [4.69, 9.17) is 14.8 Å². The molecule has 37 heavy (non-hydrogen) atoms. The number of alkyl carbamates (subject to hydrolysis) is 1. The van der Waals surface area contributed by atoms with Gasteiger partial charge in [-0.25, -0.2) is 4.79 Å². The lowest BCUT2D eigenvalue weighted by Gasteiger charge is -2.26. The van der Waals surface area contributed by atoms with Gasteiger partial charge in [-0.2, -0.15) is 0 Å². The van der Waals surface area contributed by atoms with Gasteiger partial charge in [0, 0.05) is 0 Å². The molecule has 0 aliphatic rings. The van der Waals surface area contributed by atoms with Gasteiger partial charge in [-0.05, 0) is 36.7 Å². The van der Waals surface area contributed by atoms with Crippen molar-refractivity contribution in [3.05, 3.63) is 35.9 Å². The van der Waals surface area contributed by atoms with Crippen LogP contribution in [0.1, 0.15) is 72.3 Å². The third kappa shape index (κ3) is 16.4. The minimum atomic E-state index is -0.854. The first-order valence-electron chi connectivity index (χ1n) is 12.7. The molecule has 0 saturated carbocycles. The van der Waals surface area contributed by atoms with Crippen LogP contribution in [0.15, 0.2) is 30.3 Å². The van der Waals surface area contributed by atoms with Crippen LogP contribution in [0.4, 0.5) is 4.79 Å². The normalized spacial score (nSPS) is 12.9. The maximum absolute atomic E-state index is 13.1. The van der Waals surface area contributed by atoms with Crippen molar-refractivity contribution < 1.29 is 34.0 Å². The quantitative estimate of drug-likeness (QED) is 0.176. The van der Waals surface area contributed by atoms with Crippen molar-refractivity contribution >= 4 is 31.9 Å². The number of benzene rings is 1. The fraction of sp³-hybridized carbons (Fsp3) is 0.615. The highest BCUT2D eigenvalue weighted by atomic mass is 16.5. The summed E-state index contributed by atoms with van der Waals surface area (Å²) in [6.07, 6.45) is 3.10. The molecule has 0 aliphatic heterocycles. The van der Waals surface area contributed by atoms with Crippen molar-refractivity contribution in [2.45, 2.75) is 91.5 Å². The van der Waals surface area contributed by atoms with E-state index in [0.717, 1.165) is 24.7 Å². The molecule has 207 valence electrons. The molecule has 0 heterocycles. The summed E-state index contributed by atoms with van der Waals surface area (Å²) >= 11 is 0. The second kappa shape index (κ2) is 20.2. The molecule has 0 aliphatic carbocycles. The fourth-order valence-corrected chi connectivity index (χ4v) is 3.47. The molecule has 1 radical (unpaired) electrons. The molecule has 0 saturated heterocycles. The molecule has 5 N–H and O–H groups in total. The standard InChI is InChI=1S/C26H41N3O5.BH2O2/c1-6-7-13-21(16-30)27-24(31)22(14-18(2)3)28-25(32)23(15-19(4)5)29-26(33)34-17-20-11-9-8-10-12-20;2-1-3/h8-12,16,18-19,21-23H,6-7,13-15,17H2,1-5H3,(H,27,31)(H,28,32)(H,29,33);2-3H/t21-,22-,23-;/m0./s1. The van der Waals surface area contributed by atoms with Gasteiger partial charge in [0.25, 0.3) is 0 Å². The summed E-state index contributed by atoms with van der Waals surface area (Å²) in [5.41, 5.74) is 0.837. The van der Waals surface area contributed by atoms with Gasteiger partial charge in [0.05, 0.1) is 6.04 Å². The summed E-state index contributed by atoms with van der Waals surface area (Å²) in [7, 11) is 0. The number of carbonyl (C=O) groups is 4. The maximum Gasteiger partial charge on any atom is 0.482 e. The Hall–Kier alpha value is -2.92. The Morgan fingerprint density at radius 3 is 1.92 bits per heavy atom. The molecule has 11 heteroatoms. The van der Waals surface area contributed by atoms with Crippen LogP contribution in [0, 0.1) is 11.8 Å². The van der Waals surface area contributed by atoms with Crippen LogP contribution < -0.4 is 16.0 Å². The Kier molecular flexibility index (Phi) is 18.6. The monoisotopic (exact) mass is 520 g/mol. The number of hydrogen-bond acceptors (Lipinski definition) is 7. The van der Waals surface area contributed by atoms with E-state index >= 15 is 0 Å². The van der Waals surface area contributed by atoms with Crippen molar-refractivity contribution in [3.63, 3.8) is 0 Å². The summed E-state index contributed by atoms with van der Waals surface area (Å²) in [6.45, 7) is 9.89. The van der Waals surface area contributed by atoms with Gasteiger partial charge in [-0.1, -0.05) is 77.8 Å². The molecule has 0 unspecified atom stereocenters. The van der Waals surface area contributed by atoms with E-state index < -0.39 is 36.0 Å². The van der Waals surface area contributed by atoms with Gasteiger partial charge in [0.2, 0.25) is 11.8 Å². The Morgan fingerprint density at radius 2 is 1.43 bits per heavy atom. The Labute approximate surface area is 221 Å². The molecule has 1 aromatic carbocycles. The number of hydrogen-bond donors (Lipinski definition) is 5. The zero-order valence-electron chi connectivity index (χ0n) is 22.6. The number of amides is 3. The van der Waals surface area contributed by atoms with Gasteiger partial charge in [-0.3, -0.25) is 9.59 Å². The lowest BCUT2D eigenvalue weighted by Crippen LogP contribution is -2.55. The van der Waals surface area contributed by atoms with E-state index in [-0.39, 0.29) is 26.1 Å². The minimum Gasteiger partial charge on any atom is -0.445 e. The predicted molar refractivity (Wildman–Crippen MR) is 142 cm³/mol. The second-order valence-corrected chi connectivity index (χ2v) is 9.59. The zero-order valence-corrected chi connectivity index (χ0v) is 22.6. The van der Waals surface area contributed by atoms with Crippen molar-refractivity contribution in [1.29, 1.82) is 0 Å². The average molecular weight is 520 g/mol. The predicted octanol–water partition coefficient (Wildman–Crippen LogP) is 2.24. The number of unbranched alkanes of at least 4 members (excludes halogenated alkanes) is 1. The smallest absolute Gasteiger partial charge is 0.445 e. The second-order valence-electron chi connectivity index (χ2n) is 9.59. The number of rotatable bonds is 15. The largest absolute Gasteiger partial charge is 0.482 e. The third-order valence-electron chi connectivity index (χ3n) is 5.23. The first-order chi connectivity index (χ1) is 17.6. The third-order valence-corrected chi connectivity index (χ3v) is 5.23. The van der Waals surface area contributed by atoms with E-state index in [1.54, 1.807) is 0 Å². The average Bonchev–Trinajstić information content (AvgIpc) is 2.84. The molecule has 0 aromatic heterocycles. The Bertz CT molecular complexity index is 794. The topological polar surface area (TPSA) is 154 Å². The van der Waals surface area contributed by atoms with E-state index in [1.165, 1.54) is 0 Å². The van der Waals surface area contributed by atoms with Crippen LogP contribution in [-0.4, -0.2) is 60.1 Å². The van der Waals surface area contributed by atoms with Crippen molar-refractivity contribution in [3.8, 4) is 0 Å². The highest BCUT2D eigenvalue weighted by Crippen LogP contribution is 2.10. The van der Waals surface area contributed by atoms with Gasteiger partial charge < -0.3 is 35.5 Å². The van der Waals surface area contributed by atoms with E-state index in [9.17, 15) is 19.2 Å². The molecule has 0 bridgehead atoms. The van der Waals surface area contributed by atoms with Gasteiger partial charge >= 0.3 is 13.8 Å². The zero-order chi connectivity index (χ0) is 28.2. The van der Waals surface area contributed by atoms with E-state index in [0.29, 0.717) is 19.3 Å². The van der Waals surface area contributed by atoms with Crippen LogP contribution in [0.25, 0.3) is 0 Å². The Morgan fingerprint density at radius 1 is 0.919 bits per heavy atom. The highest BCUT2D eigenvalue weighted by molar-refractivity contribution is 6.13. The number of ether oxygens (including phenoxy) is 1. The van der Waals surface area contributed by atoms with Gasteiger partial charge in [0.1, 0.15) is 25.0 Å². The van der Waals surface area contributed by atoms with Crippen LogP contribution in [-0.2, 0) is 25.7 Å². The fourth-order valence-electron chi connectivity index (χ4n) is 3.47. The minimum absolute atomic E-state index is 0. The van der Waals surface area contributed by atoms with Crippen molar-refractivity contribution in [2.24, 2.45) is 11.8 Å². The number of nitrogens with one attached hydrogen (secondary N) is 3. The molecule has 0 fully saturated rings. The van der Waals surface area contributed by atoms with E-state index in [1.807, 2.05) is 65.0 Å². The molecular weight excluding hydrogens is 477 g/mol. The molecule has 3 amide bonds. The number of aldehydes is 1. The first kappa shape index (κ1) is 34.1. The lowest BCUT2D eigenvalue weighted by molar-refractivity contribution is -0.131. The maximum atomic E-state index is 13.1. The van der Waals surface area contributed by atoms with Crippen molar-refractivity contribution in [2.75, 3.05) is 0 Å². The summed E-state index contributed by atoms with van der Waals surface area (Å²) in [6, 6.07) is 7.00. The Balaban J connectivity index is 0.00000410. The molecule has 3 atom stereocenters. The van der Waals surface area contributed by atoms with E-state index in [2.05, 4.69) is 16.0 Å².